The van der Waals surface area contributed by atoms with Crippen LogP contribution in [0, 0.1) is 5.92 Å². The van der Waals surface area contributed by atoms with Gasteiger partial charge in [-0.1, -0.05) is 0 Å². The van der Waals surface area contributed by atoms with E-state index in [2.05, 4.69) is 14.5 Å². The quantitative estimate of drug-likeness (QED) is 0.814. The molecule has 3 aliphatic heterocycles. The number of piperidine rings is 3. The summed E-state index contributed by atoms with van der Waals surface area (Å²) >= 11 is 0. The number of rotatable bonds is 2. The number of hydrogen-bond donors (Lipinski definition) is 1. The summed E-state index contributed by atoms with van der Waals surface area (Å²) in [5.74, 6) is 0.830. The first-order valence-corrected chi connectivity index (χ1v) is 6.25. The molecule has 0 saturated carbocycles. The Morgan fingerprint density at radius 2 is 2.19 bits per heavy atom. The van der Waals surface area contributed by atoms with Crippen LogP contribution in [-0.2, 0) is 0 Å². The maximum atomic E-state index is 5.99. The summed E-state index contributed by atoms with van der Waals surface area (Å²) in [5, 5.41) is 0. The topological polar surface area (TPSA) is 47.1 Å². The summed E-state index contributed by atoms with van der Waals surface area (Å²) in [5.41, 5.74) is 7.17. The van der Waals surface area contributed by atoms with Gasteiger partial charge in [-0.15, -0.1) is 0 Å². The Labute approximate surface area is 96.4 Å². The SMILES string of the molecule is CC(N)c1cncn1C1CN2CCC1CC2. The molecule has 0 aromatic carbocycles. The number of nitrogens with two attached hydrogens (primary N) is 1. The van der Waals surface area contributed by atoms with Crippen molar-refractivity contribution in [2.45, 2.75) is 31.8 Å². The fourth-order valence-electron chi connectivity index (χ4n) is 3.19. The monoisotopic (exact) mass is 220 g/mol. The second-order valence-electron chi connectivity index (χ2n) is 5.22. The predicted molar refractivity (Wildman–Crippen MR) is 63.0 cm³/mol. The molecular weight excluding hydrogens is 200 g/mol. The van der Waals surface area contributed by atoms with E-state index in [1.54, 1.807) is 0 Å². The molecular formula is C12H20N4. The van der Waals surface area contributed by atoms with Crippen molar-refractivity contribution in [3.8, 4) is 0 Å². The predicted octanol–water partition coefficient (Wildman–Crippen LogP) is 1.17. The minimum Gasteiger partial charge on any atom is -0.328 e. The van der Waals surface area contributed by atoms with E-state index in [0.29, 0.717) is 6.04 Å². The van der Waals surface area contributed by atoms with Crippen molar-refractivity contribution in [1.82, 2.24) is 14.5 Å². The second kappa shape index (κ2) is 3.86. The van der Waals surface area contributed by atoms with Crippen molar-refractivity contribution in [3.05, 3.63) is 18.2 Å². The minimum atomic E-state index is 0.0814. The van der Waals surface area contributed by atoms with Crippen LogP contribution in [0.2, 0.25) is 0 Å². The van der Waals surface area contributed by atoms with Gasteiger partial charge in [0, 0.05) is 18.8 Å². The molecule has 4 nitrogen and oxygen atoms in total. The third-order valence-corrected chi connectivity index (χ3v) is 4.14. The van der Waals surface area contributed by atoms with Gasteiger partial charge < -0.3 is 15.2 Å². The highest BCUT2D eigenvalue weighted by Crippen LogP contribution is 2.36. The van der Waals surface area contributed by atoms with Crippen LogP contribution in [0.5, 0.6) is 0 Å². The fraction of sp³-hybridized carbons (Fsp3) is 0.750. The molecule has 4 rings (SSSR count). The Morgan fingerprint density at radius 1 is 1.44 bits per heavy atom. The van der Waals surface area contributed by atoms with Gasteiger partial charge in [0.1, 0.15) is 0 Å². The largest absolute Gasteiger partial charge is 0.328 e. The Kier molecular flexibility index (Phi) is 2.48. The summed E-state index contributed by atoms with van der Waals surface area (Å²) < 4.78 is 2.32. The molecule has 0 spiro atoms. The first-order chi connectivity index (χ1) is 7.75. The molecule has 88 valence electrons. The van der Waals surface area contributed by atoms with Gasteiger partial charge >= 0.3 is 0 Å². The highest BCUT2D eigenvalue weighted by atomic mass is 15.2. The number of aromatic nitrogens is 2. The zero-order valence-corrected chi connectivity index (χ0v) is 9.84. The number of fused-ring (bicyclic) bond motifs is 3. The summed E-state index contributed by atoms with van der Waals surface area (Å²) in [7, 11) is 0. The average molecular weight is 220 g/mol. The van der Waals surface area contributed by atoms with Gasteiger partial charge in [-0.05, 0) is 38.8 Å². The molecule has 1 aromatic rings. The number of hydrogen-bond acceptors (Lipinski definition) is 3. The highest BCUT2D eigenvalue weighted by molar-refractivity contribution is 5.07. The lowest BCUT2D eigenvalue weighted by Crippen LogP contribution is -2.48. The molecule has 2 unspecified atom stereocenters. The van der Waals surface area contributed by atoms with E-state index < -0.39 is 0 Å². The van der Waals surface area contributed by atoms with Crippen LogP contribution in [0.4, 0.5) is 0 Å². The van der Waals surface area contributed by atoms with Gasteiger partial charge in [0.2, 0.25) is 0 Å². The molecule has 3 fully saturated rings. The van der Waals surface area contributed by atoms with E-state index in [9.17, 15) is 0 Å². The van der Waals surface area contributed by atoms with E-state index in [-0.39, 0.29) is 6.04 Å². The maximum Gasteiger partial charge on any atom is 0.0951 e. The van der Waals surface area contributed by atoms with Crippen LogP contribution in [-0.4, -0.2) is 34.1 Å². The van der Waals surface area contributed by atoms with Crippen LogP contribution < -0.4 is 5.73 Å². The maximum absolute atomic E-state index is 5.99. The Balaban J connectivity index is 1.89. The van der Waals surface area contributed by atoms with Crippen LogP contribution in [0.1, 0.15) is 37.5 Å². The van der Waals surface area contributed by atoms with Crippen molar-refractivity contribution >= 4 is 0 Å². The lowest BCUT2D eigenvalue weighted by atomic mass is 9.83. The molecule has 4 heteroatoms. The zero-order chi connectivity index (χ0) is 11.1. The van der Waals surface area contributed by atoms with E-state index in [4.69, 9.17) is 5.73 Å². The molecule has 2 atom stereocenters. The minimum absolute atomic E-state index is 0.0814. The van der Waals surface area contributed by atoms with Crippen molar-refractivity contribution in [2.75, 3.05) is 19.6 Å². The second-order valence-corrected chi connectivity index (χ2v) is 5.22. The molecule has 2 bridgehead atoms. The van der Waals surface area contributed by atoms with Crippen molar-refractivity contribution in [1.29, 1.82) is 0 Å². The van der Waals surface area contributed by atoms with E-state index in [1.165, 1.54) is 38.2 Å². The standard InChI is InChI=1S/C12H20N4/c1-9(13)11-6-14-8-16(11)12-7-15-4-2-10(12)3-5-15/h6,8-10,12H,2-5,7,13H2,1H3. The first kappa shape index (κ1) is 10.3. The van der Waals surface area contributed by atoms with Crippen molar-refractivity contribution in [3.63, 3.8) is 0 Å². The third kappa shape index (κ3) is 1.57. The first-order valence-electron chi connectivity index (χ1n) is 6.25. The summed E-state index contributed by atoms with van der Waals surface area (Å²) in [6.07, 6.45) is 6.55. The highest BCUT2D eigenvalue weighted by Gasteiger charge is 2.35. The van der Waals surface area contributed by atoms with Gasteiger partial charge in [-0.25, -0.2) is 4.98 Å². The van der Waals surface area contributed by atoms with E-state index >= 15 is 0 Å². The van der Waals surface area contributed by atoms with Gasteiger partial charge in [0.05, 0.1) is 18.1 Å². The van der Waals surface area contributed by atoms with Crippen molar-refractivity contribution in [2.24, 2.45) is 11.7 Å². The van der Waals surface area contributed by atoms with Gasteiger partial charge in [-0.2, -0.15) is 0 Å². The molecule has 0 amide bonds. The summed E-state index contributed by atoms with van der Waals surface area (Å²) in [6, 6.07) is 0.684. The van der Waals surface area contributed by atoms with Crippen LogP contribution in [0.25, 0.3) is 0 Å². The number of imidazole rings is 1. The average Bonchev–Trinajstić information content (AvgIpc) is 2.79. The summed E-state index contributed by atoms with van der Waals surface area (Å²) in [4.78, 5) is 6.83. The van der Waals surface area contributed by atoms with E-state index in [0.717, 1.165) is 5.92 Å². The Hall–Kier alpha value is -0.870. The lowest BCUT2D eigenvalue weighted by Gasteiger charge is -2.45. The molecule has 0 radical (unpaired) electrons. The van der Waals surface area contributed by atoms with Crippen molar-refractivity contribution < 1.29 is 0 Å². The van der Waals surface area contributed by atoms with Gasteiger partial charge in [0.15, 0.2) is 0 Å². The molecule has 4 heterocycles. The van der Waals surface area contributed by atoms with Gasteiger partial charge in [-0.3, -0.25) is 0 Å². The molecule has 1 aromatic heterocycles. The lowest BCUT2D eigenvalue weighted by molar-refractivity contribution is 0.0554. The van der Waals surface area contributed by atoms with Gasteiger partial charge in [0.25, 0.3) is 0 Å². The van der Waals surface area contributed by atoms with Crippen LogP contribution in [0.15, 0.2) is 12.5 Å². The summed E-state index contributed by atoms with van der Waals surface area (Å²) in [6.45, 7) is 5.78. The zero-order valence-electron chi connectivity index (χ0n) is 9.84. The van der Waals surface area contributed by atoms with E-state index in [1.807, 2.05) is 19.4 Å². The molecule has 3 aliphatic rings. The molecule has 3 saturated heterocycles. The smallest absolute Gasteiger partial charge is 0.0951 e. The van der Waals surface area contributed by atoms with Crippen LogP contribution in [0.3, 0.4) is 0 Å². The third-order valence-electron chi connectivity index (χ3n) is 4.14. The fourth-order valence-corrected chi connectivity index (χ4v) is 3.19. The Morgan fingerprint density at radius 3 is 2.75 bits per heavy atom. The molecule has 2 N–H and O–H groups in total. The van der Waals surface area contributed by atoms with Crippen LogP contribution >= 0.6 is 0 Å². The number of nitrogens with zero attached hydrogens (tertiary/aromatic N) is 3. The Bertz CT molecular complexity index is 363. The molecule has 0 aliphatic carbocycles. The normalized spacial score (nSPS) is 35.2. The molecule has 16 heavy (non-hydrogen) atoms.